The van der Waals surface area contributed by atoms with Crippen LogP contribution in [-0.2, 0) is 0 Å². The zero-order valence-corrected chi connectivity index (χ0v) is 13.1. The molecular weight excluding hydrogens is 232 g/mol. The average Bonchev–Trinajstić information content (AvgIpc) is 2.36. The van der Waals surface area contributed by atoms with Crippen molar-refractivity contribution in [3.05, 3.63) is 0 Å². The third-order valence-corrected chi connectivity index (χ3v) is 6.49. The van der Waals surface area contributed by atoms with Crippen molar-refractivity contribution in [2.75, 3.05) is 26.7 Å². The molecule has 4 bridgehead atoms. The molecule has 1 atom stereocenters. The summed E-state index contributed by atoms with van der Waals surface area (Å²) in [6.45, 7) is 8.22. The summed E-state index contributed by atoms with van der Waals surface area (Å²) in [6.07, 6.45) is 9.25. The van der Waals surface area contributed by atoms with Gasteiger partial charge in [-0.05, 0) is 82.2 Å². The normalized spacial score (nSPS) is 42.0. The van der Waals surface area contributed by atoms with Crippen LogP contribution in [0.25, 0.3) is 0 Å². The van der Waals surface area contributed by atoms with E-state index in [-0.39, 0.29) is 0 Å². The van der Waals surface area contributed by atoms with E-state index in [1.165, 1.54) is 25.8 Å². The molecule has 2 nitrogen and oxygen atoms in total. The smallest absolute Gasteiger partial charge is 0.0104 e. The van der Waals surface area contributed by atoms with Gasteiger partial charge >= 0.3 is 0 Å². The van der Waals surface area contributed by atoms with E-state index < -0.39 is 0 Å². The Morgan fingerprint density at radius 2 is 1.63 bits per heavy atom. The summed E-state index contributed by atoms with van der Waals surface area (Å²) in [4.78, 5) is 2.40. The monoisotopic (exact) mass is 264 g/mol. The first-order valence-corrected chi connectivity index (χ1v) is 8.53. The number of rotatable bonds is 6. The topological polar surface area (TPSA) is 15.3 Å². The lowest BCUT2D eigenvalue weighted by Gasteiger charge is -2.59. The molecule has 4 aliphatic carbocycles. The van der Waals surface area contributed by atoms with Crippen LogP contribution < -0.4 is 5.32 Å². The molecular formula is C17H32N2. The van der Waals surface area contributed by atoms with Crippen molar-refractivity contribution in [2.24, 2.45) is 23.2 Å². The zero-order chi connectivity index (χ0) is 13.5. The third-order valence-electron chi connectivity index (χ3n) is 6.49. The molecule has 4 saturated carbocycles. The van der Waals surface area contributed by atoms with E-state index in [1.807, 2.05) is 0 Å². The second-order valence-corrected chi connectivity index (χ2v) is 7.85. The van der Waals surface area contributed by atoms with Crippen LogP contribution >= 0.6 is 0 Å². The van der Waals surface area contributed by atoms with Crippen LogP contribution in [0, 0.1) is 23.2 Å². The van der Waals surface area contributed by atoms with Gasteiger partial charge in [0, 0.05) is 19.1 Å². The molecule has 0 aromatic rings. The molecule has 0 saturated heterocycles. The van der Waals surface area contributed by atoms with Crippen molar-refractivity contribution < 1.29 is 0 Å². The molecule has 4 fully saturated rings. The van der Waals surface area contributed by atoms with Crippen molar-refractivity contribution >= 4 is 0 Å². The Labute approximate surface area is 119 Å². The summed E-state index contributed by atoms with van der Waals surface area (Å²) in [7, 11) is 2.22. The van der Waals surface area contributed by atoms with Crippen LogP contribution in [0.4, 0.5) is 0 Å². The maximum Gasteiger partial charge on any atom is 0.0104 e. The lowest BCUT2D eigenvalue weighted by molar-refractivity contribution is -0.0704. The Kier molecular flexibility index (Phi) is 3.92. The average molecular weight is 264 g/mol. The summed E-state index contributed by atoms with van der Waals surface area (Å²) in [5.41, 5.74) is 0.666. The lowest BCUT2D eigenvalue weighted by atomic mass is 9.48. The minimum atomic E-state index is 0.666. The van der Waals surface area contributed by atoms with E-state index in [2.05, 4.69) is 31.1 Å². The number of nitrogens with one attached hydrogen (secondary N) is 1. The Morgan fingerprint density at radius 1 is 1.11 bits per heavy atom. The number of likely N-dealkylation sites (N-methyl/N-ethyl adjacent to an activating group) is 1. The molecule has 0 spiro atoms. The maximum absolute atomic E-state index is 3.86. The van der Waals surface area contributed by atoms with Crippen molar-refractivity contribution in [1.82, 2.24) is 10.2 Å². The standard InChI is InChI=1S/C17H32N2/c1-4-19(3)6-5-18-13(2)17-10-14-7-15(11-17)9-16(8-14)12-17/h13-16,18H,4-12H2,1-3H3. The van der Waals surface area contributed by atoms with Gasteiger partial charge in [0.15, 0.2) is 0 Å². The Balaban J connectivity index is 1.55. The molecule has 0 aromatic carbocycles. The van der Waals surface area contributed by atoms with Gasteiger partial charge in [-0.3, -0.25) is 0 Å². The largest absolute Gasteiger partial charge is 0.312 e. The molecule has 1 N–H and O–H groups in total. The van der Waals surface area contributed by atoms with E-state index in [9.17, 15) is 0 Å². The van der Waals surface area contributed by atoms with Gasteiger partial charge in [-0.1, -0.05) is 6.92 Å². The van der Waals surface area contributed by atoms with Gasteiger partial charge in [0.2, 0.25) is 0 Å². The molecule has 1 unspecified atom stereocenters. The third kappa shape index (κ3) is 2.71. The molecule has 110 valence electrons. The molecule has 0 amide bonds. The predicted molar refractivity (Wildman–Crippen MR) is 81.2 cm³/mol. The number of nitrogens with zero attached hydrogens (tertiary/aromatic N) is 1. The van der Waals surface area contributed by atoms with E-state index in [0.717, 1.165) is 36.9 Å². The second kappa shape index (κ2) is 5.37. The molecule has 0 heterocycles. The van der Waals surface area contributed by atoms with Crippen LogP contribution in [0.3, 0.4) is 0 Å². The van der Waals surface area contributed by atoms with Gasteiger partial charge < -0.3 is 10.2 Å². The van der Waals surface area contributed by atoms with Crippen molar-refractivity contribution in [2.45, 2.75) is 58.4 Å². The van der Waals surface area contributed by atoms with Crippen LogP contribution in [0.15, 0.2) is 0 Å². The molecule has 19 heavy (non-hydrogen) atoms. The number of hydrogen-bond donors (Lipinski definition) is 1. The first-order valence-electron chi connectivity index (χ1n) is 8.53. The molecule has 4 rings (SSSR count). The van der Waals surface area contributed by atoms with Gasteiger partial charge in [-0.15, -0.1) is 0 Å². The van der Waals surface area contributed by atoms with E-state index in [0.29, 0.717) is 5.41 Å². The predicted octanol–water partition coefficient (Wildman–Crippen LogP) is 3.13. The summed E-state index contributed by atoms with van der Waals surface area (Å²) in [5.74, 6) is 3.23. The van der Waals surface area contributed by atoms with E-state index in [4.69, 9.17) is 0 Å². The Morgan fingerprint density at radius 3 is 2.11 bits per heavy atom. The SMILES string of the molecule is CCN(C)CCNC(C)C12CC3CC(CC(C3)C1)C2. The number of hydrogen-bond acceptors (Lipinski definition) is 2. The summed E-state index contributed by atoms with van der Waals surface area (Å²) < 4.78 is 0. The molecule has 4 aliphatic rings. The minimum absolute atomic E-state index is 0.666. The first kappa shape index (κ1) is 13.9. The zero-order valence-electron chi connectivity index (χ0n) is 13.1. The summed E-state index contributed by atoms with van der Waals surface area (Å²) >= 11 is 0. The fourth-order valence-electron chi connectivity index (χ4n) is 5.55. The first-order chi connectivity index (χ1) is 9.11. The Bertz CT molecular complexity index is 277. The van der Waals surface area contributed by atoms with Crippen LogP contribution in [0.2, 0.25) is 0 Å². The maximum atomic E-state index is 3.86. The highest BCUT2D eigenvalue weighted by atomic mass is 15.1. The highest BCUT2D eigenvalue weighted by Gasteiger charge is 2.52. The van der Waals surface area contributed by atoms with Gasteiger partial charge in [-0.2, -0.15) is 0 Å². The van der Waals surface area contributed by atoms with Crippen molar-refractivity contribution in [3.63, 3.8) is 0 Å². The van der Waals surface area contributed by atoms with Crippen molar-refractivity contribution in [3.8, 4) is 0 Å². The summed E-state index contributed by atoms with van der Waals surface area (Å²) in [5, 5.41) is 3.86. The van der Waals surface area contributed by atoms with Crippen LogP contribution in [0.1, 0.15) is 52.4 Å². The second-order valence-electron chi connectivity index (χ2n) is 7.85. The van der Waals surface area contributed by atoms with Crippen LogP contribution in [-0.4, -0.2) is 37.6 Å². The van der Waals surface area contributed by atoms with E-state index in [1.54, 1.807) is 19.3 Å². The van der Waals surface area contributed by atoms with E-state index >= 15 is 0 Å². The minimum Gasteiger partial charge on any atom is -0.312 e. The summed E-state index contributed by atoms with van der Waals surface area (Å²) in [6, 6.07) is 0.728. The quantitative estimate of drug-likeness (QED) is 0.793. The Hall–Kier alpha value is -0.0800. The van der Waals surface area contributed by atoms with Gasteiger partial charge in [0.1, 0.15) is 0 Å². The lowest BCUT2D eigenvalue weighted by Crippen LogP contribution is -2.55. The molecule has 2 heteroatoms. The van der Waals surface area contributed by atoms with Gasteiger partial charge in [-0.25, -0.2) is 0 Å². The van der Waals surface area contributed by atoms with Gasteiger partial charge in [0.25, 0.3) is 0 Å². The van der Waals surface area contributed by atoms with Gasteiger partial charge in [0.05, 0.1) is 0 Å². The molecule has 0 aliphatic heterocycles. The highest BCUT2D eigenvalue weighted by Crippen LogP contribution is 2.61. The fourth-order valence-corrected chi connectivity index (χ4v) is 5.55. The molecule has 0 aromatic heterocycles. The molecule has 0 radical (unpaired) electrons. The fraction of sp³-hybridized carbons (Fsp3) is 1.00. The highest BCUT2D eigenvalue weighted by molar-refractivity contribution is 5.05. The van der Waals surface area contributed by atoms with Crippen LogP contribution in [0.5, 0.6) is 0 Å². The van der Waals surface area contributed by atoms with Crippen molar-refractivity contribution in [1.29, 1.82) is 0 Å².